The van der Waals surface area contributed by atoms with Gasteiger partial charge in [-0.15, -0.1) is 11.3 Å². The first-order chi connectivity index (χ1) is 18.2. The lowest BCUT2D eigenvalue weighted by molar-refractivity contribution is 0.162. The van der Waals surface area contributed by atoms with Crippen LogP contribution in [0.2, 0.25) is 0 Å². The van der Waals surface area contributed by atoms with Crippen molar-refractivity contribution >= 4 is 33.3 Å². The van der Waals surface area contributed by atoms with Gasteiger partial charge in [-0.2, -0.15) is 9.49 Å². The first-order valence-electron chi connectivity index (χ1n) is 12.3. The Bertz CT molecular complexity index is 1730. The summed E-state index contributed by atoms with van der Waals surface area (Å²) < 4.78 is 19.9. The summed E-state index contributed by atoms with van der Waals surface area (Å²) in [6.45, 7) is 1.94. The molecule has 0 spiro atoms. The molecule has 37 heavy (non-hydrogen) atoms. The molecule has 6 heterocycles. The molecule has 6 aromatic rings. The minimum absolute atomic E-state index is 0.197. The molecule has 0 amide bonds. The highest BCUT2D eigenvalue weighted by Gasteiger charge is 2.17. The van der Waals surface area contributed by atoms with Crippen LogP contribution in [0.15, 0.2) is 67.0 Å². The van der Waals surface area contributed by atoms with Crippen LogP contribution in [-0.2, 0) is 0 Å². The number of aromatic nitrogens is 5. The van der Waals surface area contributed by atoms with Gasteiger partial charge in [0.05, 0.1) is 23.1 Å². The molecule has 184 valence electrons. The maximum atomic E-state index is 13.7. The number of pyridine rings is 2. The van der Waals surface area contributed by atoms with Gasteiger partial charge < -0.3 is 15.0 Å². The van der Waals surface area contributed by atoms with Gasteiger partial charge in [-0.25, -0.2) is 4.98 Å². The predicted molar refractivity (Wildman–Crippen MR) is 144 cm³/mol. The average molecular weight is 511 g/mol. The number of H-pyrrole nitrogens is 2. The van der Waals surface area contributed by atoms with E-state index in [0.717, 1.165) is 98.0 Å². The number of halogens is 1. The second kappa shape index (κ2) is 9.10. The van der Waals surface area contributed by atoms with Crippen molar-refractivity contribution in [2.45, 2.75) is 18.9 Å². The lowest BCUT2D eigenvalue weighted by Crippen LogP contribution is -2.34. The molecule has 1 aliphatic rings. The Hall–Kier alpha value is -4.08. The van der Waals surface area contributed by atoms with Gasteiger partial charge in [-0.05, 0) is 68.4 Å². The summed E-state index contributed by atoms with van der Waals surface area (Å²) >= 11 is 1.14. The third-order valence-electron chi connectivity index (χ3n) is 6.76. The summed E-state index contributed by atoms with van der Waals surface area (Å²) in [5.41, 5.74) is 6.80. The standard InChI is InChI=1S/C28H23FN6OS/c29-26-7-6-25(37-26)19-2-1-3-22-20(19)13-24(32-22)28-27-23(34-35-28)5-4-21(33-27)16-12-18(15-31-14-16)36-17-8-10-30-11-9-17/h1-7,12-15,17,30,32H,8-11H2,(H,34,35). The van der Waals surface area contributed by atoms with Crippen molar-refractivity contribution in [1.29, 1.82) is 0 Å². The van der Waals surface area contributed by atoms with Crippen molar-refractivity contribution in [3.8, 4) is 38.8 Å². The van der Waals surface area contributed by atoms with Crippen LogP contribution < -0.4 is 10.1 Å². The van der Waals surface area contributed by atoms with E-state index in [9.17, 15) is 4.39 Å². The molecule has 0 unspecified atom stereocenters. The van der Waals surface area contributed by atoms with Crippen LogP contribution in [0, 0.1) is 5.13 Å². The van der Waals surface area contributed by atoms with Gasteiger partial charge in [0.2, 0.25) is 0 Å². The van der Waals surface area contributed by atoms with Gasteiger partial charge in [0.25, 0.3) is 0 Å². The molecule has 9 heteroatoms. The zero-order valence-corrected chi connectivity index (χ0v) is 20.6. The van der Waals surface area contributed by atoms with E-state index >= 15 is 0 Å². The molecule has 1 saturated heterocycles. The fraction of sp³-hybridized carbons (Fsp3) is 0.179. The maximum Gasteiger partial charge on any atom is 0.176 e. The van der Waals surface area contributed by atoms with Crippen LogP contribution in [0.5, 0.6) is 5.75 Å². The Morgan fingerprint density at radius 2 is 1.89 bits per heavy atom. The van der Waals surface area contributed by atoms with Gasteiger partial charge in [0.1, 0.15) is 23.1 Å². The number of piperidine rings is 1. The highest BCUT2D eigenvalue weighted by molar-refractivity contribution is 7.14. The summed E-state index contributed by atoms with van der Waals surface area (Å²) in [5, 5.41) is 11.8. The van der Waals surface area contributed by atoms with Gasteiger partial charge in [0.15, 0.2) is 5.13 Å². The number of rotatable bonds is 5. The molecule has 1 fully saturated rings. The Labute approximate surface area is 215 Å². The molecule has 0 bridgehead atoms. The van der Waals surface area contributed by atoms with E-state index in [1.54, 1.807) is 12.4 Å². The van der Waals surface area contributed by atoms with E-state index in [4.69, 9.17) is 9.72 Å². The molecule has 3 N–H and O–H groups in total. The number of nitrogens with one attached hydrogen (secondary N) is 3. The Balaban J connectivity index is 1.26. The van der Waals surface area contributed by atoms with Crippen LogP contribution in [0.3, 0.4) is 0 Å². The van der Waals surface area contributed by atoms with E-state index in [1.165, 1.54) is 6.07 Å². The second-order valence-corrected chi connectivity index (χ2v) is 10.2. The number of hydrogen-bond donors (Lipinski definition) is 3. The lowest BCUT2D eigenvalue weighted by atomic mass is 10.1. The largest absolute Gasteiger partial charge is 0.489 e. The minimum Gasteiger partial charge on any atom is -0.489 e. The van der Waals surface area contributed by atoms with Crippen LogP contribution in [0.25, 0.3) is 55.0 Å². The second-order valence-electron chi connectivity index (χ2n) is 9.19. The molecule has 0 atom stereocenters. The van der Waals surface area contributed by atoms with Crippen molar-refractivity contribution in [1.82, 2.24) is 30.5 Å². The average Bonchev–Trinajstić information content (AvgIpc) is 3.66. The topological polar surface area (TPSA) is 91.5 Å². The van der Waals surface area contributed by atoms with Crippen molar-refractivity contribution in [3.05, 3.63) is 72.1 Å². The van der Waals surface area contributed by atoms with Crippen molar-refractivity contribution in [3.63, 3.8) is 0 Å². The third-order valence-corrected chi connectivity index (χ3v) is 7.67. The fourth-order valence-corrected chi connectivity index (χ4v) is 5.70. The van der Waals surface area contributed by atoms with Crippen molar-refractivity contribution in [2.24, 2.45) is 0 Å². The Morgan fingerprint density at radius 1 is 0.973 bits per heavy atom. The smallest absolute Gasteiger partial charge is 0.176 e. The lowest BCUT2D eigenvalue weighted by Gasteiger charge is -2.23. The number of ether oxygens (including phenoxy) is 1. The third kappa shape index (κ3) is 4.16. The summed E-state index contributed by atoms with van der Waals surface area (Å²) in [6, 6.07) is 17.3. The van der Waals surface area contributed by atoms with Gasteiger partial charge in [-0.1, -0.05) is 12.1 Å². The molecule has 0 saturated carbocycles. The first-order valence-corrected chi connectivity index (χ1v) is 13.1. The van der Waals surface area contributed by atoms with Crippen LogP contribution in [-0.4, -0.2) is 44.3 Å². The number of hydrogen-bond acceptors (Lipinski definition) is 6. The number of nitrogens with zero attached hydrogens (tertiary/aromatic N) is 3. The molecule has 7 nitrogen and oxygen atoms in total. The van der Waals surface area contributed by atoms with E-state index in [1.807, 2.05) is 42.5 Å². The molecule has 1 aliphatic heterocycles. The normalized spacial score (nSPS) is 14.5. The predicted octanol–water partition coefficient (Wildman–Crippen LogP) is 6.17. The van der Waals surface area contributed by atoms with Gasteiger partial charge in [0, 0.05) is 33.1 Å². The molecular weight excluding hydrogens is 487 g/mol. The minimum atomic E-state index is -0.197. The van der Waals surface area contributed by atoms with Crippen LogP contribution in [0.1, 0.15) is 12.8 Å². The van der Waals surface area contributed by atoms with E-state index in [2.05, 4.69) is 31.5 Å². The molecule has 0 aliphatic carbocycles. The monoisotopic (exact) mass is 510 g/mol. The number of fused-ring (bicyclic) bond motifs is 2. The molecule has 0 radical (unpaired) electrons. The number of benzene rings is 1. The zero-order valence-electron chi connectivity index (χ0n) is 19.8. The van der Waals surface area contributed by atoms with Crippen molar-refractivity contribution in [2.75, 3.05) is 13.1 Å². The highest BCUT2D eigenvalue weighted by Crippen LogP contribution is 2.36. The van der Waals surface area contributed by atoms with E-state index in [-0.39, 0.29) is 11.2 Å². The first kappa shape index (κ1) is 22.1. The summed E-state index contributed by atoms with van der Waals surface area (Å²) in [6.07, 6.45) is 5.74. The molecular formula is C28H23FN6OS. The van der Waals surface area contributed by atoms with Gasteiger partial charge >= 0.3 is 0 Å². The van der Waals surface area contributed by atoms with Crippen LogP contribution in [0.4, 0.5) is 4.39 Å². The zero-order chi connectivity index (χ0) is 24.8. The maximum absolute atomic E-state index is 13.7. The number of aromatic amines is 2. The summed E-state index contributed by atoms with van der Waals surface area (Å²) in [7, 11) is 0. The SMILES string of the molecule is Fc1ccc(-c2cccc3[nH]c(-c4n[nH]c5ccc(-c6cncc(OC7CCNCC7)c6)nc45)cc23)s1. The van der Waals surface area contributed by atoms with Crippen molar-refractivity contribution < 1.29 is 9.13 Å². The molecule has 5 aromatic heterocycles. The highest BCUT2D eigenvalue weighted by atomic mass is 32.1. The Kier molecular flexibility index (Phi) is 5.44. The summed E-state index contributed by atoms with van der Waals surface area (Å²) in [5.74, 6) is 0.756. The quantitative estimate of drug-likeness (QED) is 0.258. The number of thiophene rings is 1. The van der Waals surface area contributed by atoms with Gasteiger partial charge in [-0.3, -0.25) is 10.1 Å². The van der Waals surface area contributed by atoms with E-state index in [0.29, 0.717) is 0 Å². The summed E-state index contributed by atoms with van der Waals surface area (Å²) in [4.78, 5) is 13.7. The Morgan fingerprint density at radius 3 is 2.76 bits per heavy atom. The fourth-order valence-electron chi connectivity index (χ4n) is 4.93. The molecule has 7 rings (SSSR count). The van der Waals surface area contributed by atoms with E-state index < -0.39 is 0 Å². The van der Waals surface area contributed by atoms with Crippen LogP contribution >= 0.6 is 11.3 Å². The molecule has 1 aromatic carbocycles.